The third-order valence-corrected chi connectivity index (χ3v) is 4.19. The normalized spacial score (nSPS) is 24.7. The van der Waals surface area contributed by atoms with Crippen molar-refractivity contribution in [3.05, 3.63) is 17.7 Å². The van der Waals surface area contributed by atoms with Crippen LogP contribution in [0.15, 0.2) is 12.1 Å². The lowest BCUT2D eigenvalue weighted by Gasteiger charge is -2.29. The molecule has 0 spiro atoms. The summed E-state index contributed by atoms with van der Waals surface area (Å²) in [5.74, 6) is 2.12. The van der Waals surface area contributed by atoms with Crippen LogP contribution in [0.25, 0.3) is 0 Å². The number of benzene rings is 1. The zero-order valence-electron chi connectivity index (χ0n) is 12.4. The molecule has 0 bridgehead atoms. The van der Waals surface area contributed by atoms with E-state index in [-0.39, 0.29) is 12.1 Å². The summed E-state index contributed by atoms with van der Waals surface area (Å²) >= 11 is 0. The molecule has 1 heterocycles. The second-order valence-electron chi connectivity index (χ2n) is 5.66. The van der Waals surface area contributed by atoms with Crippen molar-refractivity contribution >= 4 is 0 Å². The van der Waals surface area contributed by atoms with Crippen LogP contribution in [-0.4, -0.2) is 37.6 Å². The summed E-state index contributed by atoms with van der Waals surface area (Å²) in [6.45, 7) is 1.80. The number of fused-ring (bicyclic) bond motifs is 1. The zero-order valence-corrected chi connectivity index (χ0v) is 12.4. The van der Waals surface area contributed by atoms with Gasteiger partial charge in [0.05, 0.1) is 13.2 Å². The zero-order chi connectivity index (χ0) is 14.7. The molecule has 0 saturated heterocycles. The van der Waals surface area contributed by atoms with Gasteiger partial charge < -0.3 is 24.6 Å². The van der Waals surface area contributed by atoms with Crippen LogP contribution in [0.1, 0.15) is 31.2 Å². The minimum atomic E-state index is -0.238. The Hall–Kier alpha value is -1.46. The van der Waals surface area contributed by atoms with E-state index in [1.807, 2.05) is 12.1 Å². The number of methoxy groups -OCH3 is 1. The van der Waals surface area contributed by atoms with E-state index in [1.165, 1.54) is 6.42 Å². The first-order valence-electron chi connectivity index (χ1n) is 7.66. The van der Waals surface area contributed by atoms with Crippen LogP contribution >= 0.6 is 0 Å². The van der Waals surface area contributed by atoms with Crippen molar-refractivity contribution in [3.8, 4) is 17.2 Å². The average molecular weight is 293 g/mol. The van der Waals surface area contributed by atoms with Crippen LogP contribution < -0.4 is 19.5 Å². The molecular weight excluding hydrogens is 270 g/mol. The molecule has 1 saturated carbocycles. The van der Waals surface area contributed by atoms with Gasteiger partial charge in [0, 0.05) is 12.6 Å². The highest BCUT2D eigenvalue weighted by Gasteiger charge is 2.23. The fraction of sp³-hybridized carbons (Fsp3) is 0.625. The lowest BCUT2D eigenvalue weighted by molar-refractivity contribution is 0.0902. The first-order valence-corrected chi connectivity index (χ1v) is 7.66. The Kier molecular flexibility index (Phi) is 4.51. The second kappa shape index (κ2) is 6.54. The SMILES string of the molecule is COc1cc(CN[C@@H]2CCCC[C@H]2O)cc2c1OCCO2. The molecule has 0 aromatic heterocycles. The molecule has 21 heavy (non-hydrogen) atoms. The summed E-state index contributed by atoms with van der Waals surface area (Å²) in [4.78, 5) is 0. The maximum atomic E-state index is 10.0. The lowest BCUT2D eigenvalue weighted by atomic mass is 9.92. The molecule has 5 nitrogen and oxygen atoms in total. The molecule has 1 aromatic rings. The molecule has 0 radical (unpaired) electrons. The maximum Gasteiger partial charge on any atom is 0.203 e. The predicted octanol–water partition coefficient (Wildman–Crippen LogP) is 1.86. The monoisotopic (exact) mass is 293 g/mol. The molecule has 5 heteroatoms. The Morgan fingerprint density at radius 1 is 1.24 bits per heavy atom. The standard InChI is InChI=1S/C16H23NO4/c1-19-14-8-11(9-15-16(14)21-7-6-20-15)10-17-12-4-2-3-5-13(12)18/h8-9,12-13,17-18H,2-7,10H2,1H3/t12-,13-/m1/s1. The van der Waals surface area contributed by atoms with Gasteiger partial charge in [0.1, 0.15) is 13.2 Å². The summed E-state index contributed by atoms with van der Waals surface area (Å²) in [6.07, 6.45) is 3.99. The molecule has 0 amide bonds. The van der Waals surface area contributed by atoms with Gasteiger partial charge in [-0.05, 0) is 30.5 Å². The first-order chi connectivity index (χ1) is 10.3. The third kappa shape index (κ3) is 3.24. The third-order valence-electron chi connectivity index (χ3n) is 4.19. The average Bonchev–Trinajstić information content (AvgIpc) is 2.53. The van der Waals surface area contributed by atoms with E-state index < -0.39 is 0 Å². The molecule has 3 rings (SSSR count). The maximum absolute atomic E-state index is 10.0. The van der Waals surface area contributed by atoms with Crippen LogP contribution in [0.2, 0.25) is 0 Å². The van der Waals surface area contributed by atoms with Crippen LogP contribution in [0, 0.1) is 0 Å². The number of hydrogen-bond donors (Lipinski definition) is 2. The topological polar surface area (TPSA) is 60.0 Å². The fourth-order valence-corrected chi connectivity index (χ4v) is 3.03. The van der Waals surface area contributed by atoms with Gasteiger partial charge in [-0.2, -0.15) is 0 Å². The minimum Gasteiger partial charge on any atom is -0.493 e. The van der Waals surface area contributed by atoms with E-state index in [1.54, 1.807) is 7.11 Å². The van der Waals surface area contributed by atoms with Gasteiger partial charge in [0.2, 0.25) is 5.75 Å². The van der Waals surface area contributed by atoms with Crippen molar-refractivity contribution in [1.29, 1.82) is 0 Å². The van der Waals surface area contributed by atoms with Gasteiger partial charge in [-0.1, -0.05) is 12.8 Å². The summed E-state index contributed by atoms with van der Waals surface area (Å²) in [6, 6.07) is 4.13. The number of aliphatic hydroxyl groups excluding tert-OH is 1. The van der Waals surface area contributed by atoms with Crippen LogP contribution in [-0.2, 0) is 6.54 Å². The Balaban J connectivity index is 1.70. The summed E-state index contributed by atoms with van der Waals surface area (Å²) in [5.41, 5.74) is 1.08. The molecule has 1 aliphatic heterocycles. The van der Waals surface area contributed by atoms with E-state index in [9.17, 15) is 5.11 Å². The predicted molar refractivity (Wildman–Crippen MR) is 79.1 cm³/mol. The van der Waals surface area contributed by atoms with Gasteiger partial charge in [-0.3, -0.25) is 0 Å². The van der Waals surface area contributed by atoms with Crippen LogP contribution in [0.3, 0.4) is 0 Å². The molecular formula is C16H23NO4. The Morgan fingerprint density at radius 3 is 2.86 bits per heavy atom. The van der Waals surface area contributed by atoms with Gasteiger partial charge in [-0.25, -0.2) is 0 Å². The molecule has 2 atom stereocenters. The molecule has 0 unspecified atom stereocenters. The molecule has 1 aromatic carbocycles. The van der Waals surface area contributed by atoms with Crippen LogP contribution in [0.5, 0.6) is 17.2 Å². The minimum absolute atomic E-state index is 0.179. The largest absolute Gasteiger partial charge is 0.493 e. The molecule has 116 valence electrons. The highest BCUT2D eigenvalue weighted by atomic mass is 16.6. The van der Waals surface area contributed by atoms with Gasteiger partial charge >= 0.3 is 0 Å². The summed E-state index contributed by atoms with van der Waals surface area (Å²) in [5, 5.41) is 13.5. The molecule has 2 N–H and O–H groups in total. The molecule has 1 fully saturated rings. The first kappa shape index (κ1) is 14.5. The highest BCUT2D eigenvalue weighted by Crippen LogP contribution is 2.40. The van der Waals surface area contributed by atoms with Crippen molar-refractivity contribution in [2.45, 2.75) is 44.4 Å². The summed E-state index contributed by atoms with van der Waals surface area (Å²) < 4.78 is 16.6. The van der Waals surface area contributed by atoms with E-state index in [0.29, 0.717) is 31.3 Å². The number of ether oxygens (including phenoxy) is 3. The van der Waals surface area contributed by atoms with Gasteiger partial charge in [-0.15, -0.1) is 0 Å². The van der Waals surface area contributed by atoms with Gasteiger partial charge in [0.15, 0.2) is 11.5 Å². The number of nitrogens with one attached hydrogen (secondary N) is 1. The summed E-state index contributed by atoms with van der Waals surface area (Å²) in [7, 11) is 1.63. The van der Waals surface area contributed by atoms with E-state index in [4.69, 9.17) is 14.2 Å². The van der Waals surface area contributed by atoms with Crippen molar-refractivity contribution in [3.63, 3.8) is 0 Å². The van der Waals surface area contributed by atoms with Crippen molar-refractivity contribution in [2.24, 2.45) is 0 Å². The van der Waals surface area contributed by atoms with Crippen LogP contribution in [0.4, 0.5) is 0 Å². The van der Waals surface area contributed by atoms with E-state index in [2.05, 4.69) is 5.32 Å². The Bertz CT molecular complexity index is 474. The number of rotatable bonds is 4. The van der Waals surface area contributed by atoms with Crippen molar-refractivity contribution in [2.75, 3.05) is 20.3 Å². The van der Waals surface area contributed by atoms with E-state index >= 15 is 0 Å². The molecule has 1 aliphatic carbocycles. The Labute approximate surface area is 125 Å². The fourth-order valence-electron chi connectivity index (χ4n) is 3.03. The number of aliphatic hydroxyl groups is 1. The highest BCUT2D eigenvalue weighted by molar-refractivity contribution is 5.54. The lowest BCUT2D eigenvalue weighted by Crippen LogP contribution is -2.41. The molecule has 2 aliphatic rings. The van der Waals surface area contributed by atoms with Crippen molar-refractivity contribution < 1.29 is 19.3 Å². The second-order valence-corrected chi connectivity index (χ2v) is 5.66. The number of hydrogen-bond acceptors (Lipinski definition) is 5. The van der Waals surface area contributed by atoms with Crippen molar-refractivity contribution in [1.82, 2.24) is 5.32 Å². The van der Waals surface area contributed by atoms with Gasteiger partial charge in [0.25, 0.3) is 0 Å². The smallest absolute Gasteiger partial charge is 0.203 e. The quantitative estimate of drug-likeness (QED) is 0.887. The Morgan fingerprint density at radius 2 is 2.05 bits per heavy atom. The van der Waals surface area contributed by atoms with E-state index in [0.717, 1.165) is 30.6 Å².